The van der Waals surface area contributed by atoms with Crippen molar-refractivity contribution in [3.05, 3.63) is 29.3 Å². The van der Waals surface area contributed by atoms with Crippen molar-refractivity contribution < 1.29 is 18.4 Å². The Morgan fingerprint density at radius 1 is 1.24 bits per heavy atom. The monoisotopic (exact) mass is 472 g/mol. The van der Waals surface area contributed by atoms with Crippen molar-refractivity contribution in [2.24, 2.45) is 11.8 Å². The van der Waals surface area contributed by atoms with E-state index in [2.05, 4.69) is 16.1 Å². The Morgan fingerprint density at radius 3 is 2.71 bits per heavy atom. The molecular weight excluding hydrogens is 442 g/mol. The summed E-state index contributed by atoms with van der Waals surface area (Å²) in [7, 11) is 0. The maximum Gasteiger partial charge on any atom is 0.254 e. The maximum absolute atomic E-state index is 14.2. The van der Waals surface area contributed by atoms with Crippen LogP contribution in [0.4, 0.5) is 14.5 Å². The van der Waals surface area contributed by atoms with Crippen molar-refractivity contribution in [1.82, 2.24) is 20.7 Å². The van der Waals surface area contributed by atoms with Gasteiger partial charge in [-0.2, -0.15) is 5.26 Å². The highest BCUT2D eigenvalue weighted by Crippen LogP contribution is 2.44. The molecule has 10 heteroatoms. The molecule has 0 spiro atoms. The largest absolute Gasteiger partial charge is 0.368 e. The second kappa shape index (κ2) is 8.78. The van der Waals surface area contributed by atoms with E-state index in [1.165, 1.54) is 0 Å². The topological polar surface area (TPSA) is 100 Å². The molecule has 182 valence electrons. The number of likely N-dealkylation sites (tertiary alicyclic amines) is 1. The fourth-order valence-electron chi connectivity index (χ4n) is 5.98. The Hall–Kier alpha value is -2.77. The molecule has 1 aromatic carbocycles. The van der Waals surface area contributed by atoms with Gasteiger partial charge < -0.3 is 15.5 Å². The van der Waals surface area contributed by atoms with E-state index in [4.69, 9.17) is 0 Å². The van der Waals surface area contributed by atoms with Gasteiger partial charge in [-0.3, -0.25) is 9.59 Å². The molecule has 0 bridgehead atoms. The van der Waals surface area contributed by atoms with Crippen LogP contribution in [-0.4, -0.2) is 65.5 Å². The van der Waals surface area contributed by atoms with Crippen LogP contribution in [0.15, 0.2) is 18.2 Å². The van der Waals surface area contributed by atoms with Crippen LogP contribution in [0.5, 0.6) is 0 Å². The van der Waals surface area contributed by atoms with Crippen LogP contribution >= 0.6 is 0 Å². The summed E-state index contributed by atoms with van der Waals surface area (Å²) < 4.78 is 28.3. The van der Waals surface area contributed by atoms with E-state index < -0.39 is 42.8 Å². The summed E-state index contributed by atoms with van der Waals surface area (Å²) in [6, 6.07) is 6.60. The van der Waals surface area contributed by atoms with Gasteiger partial charge in [0.1, 0.15) is 6.17 Å². The number of hydrogen-bond acceptors (Lipinski definition) is 6. The fraction of sp³-hybridized carbons (Fsp3) is 0.625. The number of halogens is 2. The first-order chi connectivity index (χ1) is 16.3. The molecule has 2 amide bonds. The van der Waals surface area contributed by atoms with Gasteiger partial charge in [0, 0.05) is 55.8 Å². The summed E-state index contributed by atoms with van der Waals surface area (Å²) in [4.78, 5) is 27.5. The van der Waals surface area contributed by atoms with Gasteiger partial charge in [-0.1, -0.05) is 0 Å². The zero-order valence-corrected chi connectivity index (χ0v) is 19.2. The molecule has 3 unspecified atom stereocenters. The van der Waals surface area contributed by atoms with Crippen LogP contribution in [0, 0.1) is 30.1 Å². The van der Waals surface area contributed by atoms with Crippen LogP contribution in [0.3, 0.4) is 0 Å². The Kier molecular flexibility index (Phi) is 5.94. The summed E-state index contributed by atoms with van der Waals surface area (Å²) in [5.41, 5.74) is 5.49. The van der Waals surface area contributed by atoms with E-state index in [9.17, 15) is 23.6 Å². The molecule has 3 saturated heterocycles. The molecule has 0 aromatic heterocycles. The molecule has 3 heterocycles. The molecule has 3 N–H and O–H groups in total. The number of aryl methyl sites for hydroxylation is 1. The van der Waals surface area contributed by atoms with Gasteiger partial charge in [0.15, 0.2) is 0 Å². The van der Waals surface area contributed by atoms with E-state index in [1.54, 1.807) is 11.1 Å². The number of nitrogens with one attached hydrogen (secondary N) is 3. The first-order valence-corrected chi connectivity index (χ1v) is 12.0. The second-order valence-electron chi connectivity index (χ2n) is 9.93. The number of piperidine rings is 1. The minimum absolute atomic E-state index is 0.0307. The average molecular weight is 473 g/mol. The Morgan fingerprint density at radius 2 is 2.00 bits per heavy atom. The van der Waals surface area contributed by atoms with Crippen LogP contribution in [0.2, 0.25) is 0 Å². The number of hydrazine groups is 1. The van der Waals surface area contributed by atoms with Crippen LogP contribution < -0.4 is 16.1 Å². The third kappa shape index (κ3) is 4.12. The molecule has 4 aliphatic rings. The van der Waals surface area contributed by atoms with E-state index in [1.807, 2.05) is 30.0 Å². The lowest BCUT2D eigenvalue weighted by Crippen LogP contribution is -2.52. The molecule has 0 radical (unpaired) electrons. The smallest absolute Gasteiger partial charge is 0.254 e. The van der Waals surface area contributed by atoms with E-state index in [0.29, 0.717) is 18.5 Å². The summed E-state index contributed by atoms with van der Waals surface area (Å²) in [6.07, 6.45) is 1.29. The third-order valence-corrected chi connectivity index (χ3v) is 7.65. The lowest BCUT2D eigenvalue weighted by molar-refractivity contribution is -0.128. The zero-order chi connectivity index (χ0) is 24.0. The summed E-state index contributed by atoms with van der Waals surface area (Å²) >= 11 is 0. The average Bonchev–Trinajstić information content (AvgIpc) is 3.51. The van der Waals surface area contributed by atoms with Gasteiger partial charge in [0.25, 0.3) is 11.8 Å². The number of nitrogens with zero attached hydrogens (tertiary/aromatic N) is 3. The molecule has 4 fully saturated rings. The standard InChI is InChI=1S/C24H30F2N6O2/c1-14-10-16(4-5-17(14)23(34)31-8-2-3-9-31)29-21-20-18(6-7-28-22(20)33)32(30-21)19-12-24(25,26)11-15(19)13-27/h4-5,10,15,18-21,29-30H,2-3,6-9,11-12H2,1H3,(H,28,33)/t15-,18?,19+,20?,21?/m1/s1. The van der Waals surface area contributed by atoms with E-state index >= 15 is 0 Å². The lowest BCUT2D eigenvalue weighted by Gasteiger charge is -2.34. The number of carbonyl (C=O) groups excluding carboxylic acids is 2. The SMILES string of the molecule is Cc1cc(NC2NN([C@H]3CC(F)(F)C[C@@H]3C#N)C3CCNC(=O)C23)ccc1C(=O)N1CCCC1. The third-order valence-electron chi connectivity index (χ3n) is 7.65. The second-order valence-corrected chi connectivity index (χ2v) is 9.93. The highest BCUT2D eigenvalue weighted by molar-refractivity contribution is 5.96. The van der Waals surface area contributed by atoms with Gasteiger partial charge >= 0.3 is 0 Å². The van der Waals surface area contributed by atoms with Crippen molar-refractivity contribution in [1.29, 1.82) is 5.26 Å². The quantitative estimate of drug-likeness (QED) is 0.622. The number of rotatable bonds is 4. The molecule has 3 aliphatic heterocycles. The summed E-state index contributed by atoms with van der Waals surface area (Å²) in [5, 5.41) is 17.5. The molecule has 8 nitrogen and oxygen atoms in total. The van der Waals surface area contributed by atoms with Gasteiger partial charge in [-0.05, 0) is 49.9 Å². The Labute approximate surface area is 197 Å². The van der Waals surface area contributed by atoms with Gasteiger partial charge in [0.2, 0.25) is 5.91 Å². The number of amides is 2. The van der Waals surface area contributed by atoms with Crippen molar-refractivity contribution in [3.63, 3.8) is 0 Å². The van der Waals surface area contributed by atoms with Crippen LogP contribution in [-0.2, 0) is 4.79 Å². The number of alkyl halides is 2. The van der Waals surface area contributed by atoms with Crippen molar-refractivity contribution >= 4 is 17.5 Å². The molecule has 5 rings (SSSR count). The Bertz CT molecular complexity index is 1020. The molecule has 5 atom stereocenters. The molecule has 1 aliphatic carbocycles. The molecule has 1 saturated carbocycles. The Balaban J connectivity index is 1.36. The number of benzene rings is 1. The predicted octanol–water partition coefficient (Wildman–Crippen LogP) is 2.23. The number of nitriles is 1. The normalized spacial score (nSPS) is 32.8. The van der Waals surface area contributed by atoms with Gasteiger partial charge in [-0.25, -0.2) is 19.2 Å². The minimum atomic E-state index is -2.89. The number of hydrogen-bond donors (Lipinski definition) is 3. The van der Waals surface area contributed by atoms with E-state index in [-0.39, 0.29) is 17.9 Å². The van der Waals surface area contributed by atoms with Crippen molar-refractivity contribution in [3.8, 4) is 6.07 Å². The maximum atomic E-state index is 14.2. The zero-order valence-electron chi connectivity index (χ0n) is 19.2. The highest BCUT2D eigenvalue weighted by atomic mass is 19.3. The summed E-state index contributed by atoms with van der Waals surface area (Å²) in [6.45, 7) is 3.92. The van der Waals surface area contributed by atoms with Gasteiger partial charge in [0.05, 0.1) is 17.9 Å². The predicted molar refractivity (Wildman–Crippen MR) is 121 cm³/mol. The van der Waals surface area contributed by atoms with Crippen molar-refractivity contribution in [2.45, 2.75) is 63.2 Å². The van der Waals surface area contributed by atoms with Crippen molar-refractivity contribution in [2.75, 3.05) is 25.0 Å². The molecular formula is C24H30F2N6O2. The van der Waals surface area contributed by atoms with E-state index in [0.717, 1.165) is 37.2 Å². The minimum Gasteiger partial charge on any atom is -0.368 e. The highest BCUT2D eigenvalue weighted by Gasteiger charge is 2.56. The number of anilines is 1. The molecule has 34 heavy (non-hydrogen) atoms. The first-order valence-electron chi connectivity index (χ1n) is 12.0. The lowest BCUT2D eigenvalue weighted by atomic mass is 9.90. The summed E-state index contributed by atoms with van der Waals surface area (Å²) in [5.74, 6) is -4.29. The fourth-order valence-corrected chi connectivity index (χ4v) is 5.98. The first kappa shape index (κ1) is 23.0. The number of carbonyl (C=O) groups is 2. The van der Waals surface area contributed by atoms with Crippen LogP contribution in [0.1, 0.15) is 48.0 Å². The van der Waals surface area contributed by atoms with Gasteiger partial charge in [-0.15, -0.1) is 0 Å². The molecule has 1 aromatic rings. The number of fused-ring (bicyclic) bond motifs is 1. The van der Waals surface area contributed by atoms with Crippen LogP contribution in [0.25, 0.3) is 0 Å².